The van der Waals surface area contributed by atoms with Crippen molar-refractivity contribution < 1.29 is 9.15 Å². The lowest BCUT2D eigenvalue weighted by molar-refractivity contribution is -0.0714. The third-order valence-electron chi connectivity index (χ3n) is 4.92. The molecule has 1 spiro atoms. The number of benzene rings is 1. The molecule has 1 aromatic carbocycles. The fourth-order valence-corrected chi connectivity index (χ4v) is 5.06. The zero-order chi connectivity index (χ0) is 15.0. The Bertz CT molecular complexity index is 614. The number of thioether (sulfide) groups is 1. The fourth-order valence-electron chi connectivity index (χ4n) is 3.68. The van der Waals surface area contributed by atoms with Crippen LogP contribution in [0.25, 0.3) is 11.0 Å². The van der Waals surface area contributed by atoms with E-state index in [0.717, 1.165) is 36.5 Å². The Morgan fingerprint density at radius 2 is 2.27 bits per heavy atom. The Hall–Kier alpha value is -0.970. The van der Waals surface area contributed by atoms with Gasteiger partial charge in [-0.2, -0.15) is 11.8 Å². The molecule has 2 saturated heterocycles. The van der Waals surface area contributed by atoms with E-state index in [0.29, 0.717) is 6.04 Å². The number of rotatable bonds is 3. The number of ether oxygens (including phenoxy) is 1. The van der Waals surface area contributed by atoms with Crippen molar-refractivity contribution in [3.63, 3.8) is 0 Å². The first-order chi connectivity index (χ1) is 10.7. The van der Waals surface area contributed by atoms with E-state index >= 15 is 0 Å². The van der Waals surface area contributed by atoms with Crippen LogP contribution in [0.4, 0.5) is 0 Å². The van der Waals surface area contributed by atoms with E-state index in [1.54, 1.807) is 0 Å². The maximum Gasteiger partial charge on any atom is 0.134 e. The first-order valence-corrected chi connectivity index (χ1v) is 9.36. The van der Waals surface area contributed by atoms with Crippen molar-refractivity contribution in [2.75, 3.05) is 18.1 Å². The molecule has 2 aliphatic rings. The van der Waals surface area contributed by atoms with Crippen LogP contribution >= 0.6 is 11.8 Å². The van der Waals surface area contributed by atoms with Crippen molar-refractivity contribution in [3.8, 4) is 0 Å². The lowest BCUT2D eigenvalue weighted by Gasteiger charge is -2.39. The van der Waals surface area contributed by atoms with Crippen molar-refractivity contribution in [3.05, 3.63) is 36.1 Å². The zero-order valence-electron chi connectivity index (χ0n) is 13.0. The first-order valence-electron chi connectivity index (χ1n) is 8.20. The molecule has 3 nitrogen and oxygen atoms in total. The Balaban J connectivity index is 1.45. The molecule has 2 aliphatic heterocycles. The number of para-hydroxylation sites is 1. The molecule has 22 heavy (non-hydrogen) atoms. The average molecular weight is 317 g/mol. The molecule has 1 aromatic heterocycles. The molecule has 4 heteroatoms. The van der Waals surface area contributed by atoms with Crippen LogP contribution in [0.15, 0.2) is 34.7 Å². The number of nitrogens with one attached hydrogen (secondary N) is 1. The smallest absolute Gasteiger partial charge is 0.134 e. The van der Waals surface area contributed by atoms with Gasteiger partial charge in [0.2, 0.25) is 0 Å². The predicted octanol–water partition coefficient (Wildman–Crippen LogP) is 4.14. The van der Waals surface area contributed by atoms with E-state index < -0.39 is 0 Å². The van der Waals surface area contributed by atoms with E-state index in [4.69, 9.17) is 9.15 Å². The summed E-state index contributed by atoms with van der Waals surface area (Å²) in [6, 6.07) is 11.1. The molecule has 3 atom stereocenters. The maximum absolute atomic E-state index is 6.11. The summed E-state index contributed by atoms with van der Waals surface area (Å²) in [5.41, 5.74) is 1.11. The Morgan fingerprint density at radius 3 is 3.09 bits per heavy atom. The van der Waals surface area contributed by atoms with Gasteiger partial charge in [-0.3, -0.25) is 0 Å². The molecule has 0 unspecified atom stereocenters. The summed E-state index contributed by atoms with van der Waals surface area (Å²) in [4.78, 5) is 0. The molecular formula is C18H23NO2S. The quantitative estimate of drug-likeness (QED) is 0.922. The number of hydrogen-bond acceptors (Lipinski definition) is 4. The van der Waals surface area contributed by atoms with Gasteiger partial charge < -0.3 is 14.5 Å². The molecule has 0 bridgehead atoms. The first kappa shape index (κ1) is 14.6. The van der Waals surface area contributed by atoms with Crippen LogP contribution in [0.1, 0.15) is 38.0 Å². The second-order valence-electron chi connectivity index (χ2n) is 6.60. The molecule has 4 rings (SSSR count). The van der Waals surface area contributed by atoms with Crippen LogP contribution in [0, 0.1) is 0 Å². The number of furan rings is 1. The van der Waals surface area contributed by atoms with Gasteiger partial charge in [0.15, 0.2) is 0 Å². The molecule has 0 radical (unpaired) electrons. The minimum atomic E-state index is 0.133. The largest absolute Gasteiger partial charge is 0.459 e. The standard InChI is InChI=1S/C18H23NO2S/c1-13(17-10-14-4-2-3-5-16(14)21-17)19-15-6-8-20-18(11-15)7-9-22-12-18/h2-5,10,13,15,19H,6-9,11-12H2,1H3/t13-,15-,18-/m0/s1. The monoisotopic (exact) mass is 317 g/mol. The van der Waals surface area contributed by atoms with Crippen LogP contribution in [0.2, 0.25) is 0 Å². The fraction of sp³-hybridized carbons (Fsp3) is 0.556. The summed E-state index contributed by atoms with van der Waals surface area (Å²) in [5, 5.41) is 4.95. The Kier molecular flexibility index (Phi) is 3.93. The minimum absolute atomic E-state index is 0.133. The molecule has 0 aliphatic carbocycles. The van der Waals surface area contributed by atoms with Crippen LogP contribution in [0.5, 0.6) is 0 Å². The highest BCUT2D eigenvalue weighted by Crippen LogP contribution is 2.38. The predicted molar refractivity (Wildman–Crippen MR) is 91.4 cm³/mol. The summed E-state index contributed by atoms with van der Waals surface area (Å²) in [6.45, 7) is 3.08. The van der Waals surface area contributed by atoms with E-state index in [1.807, 2.05) is 23.9 Å². The molecular weight excluding hydrogens is 294 g/mol. The highest BCUT2D eigenvalue weighted by Gasteiger charge is 2.40. The third-order valence-corrected chi connectivity index (χ3v) is 6.14. The normalized spacial score (nSPS) is 30.1. The van der Waals surface area contributed by atoms with Crippen LogP contribution in [-0.2, 0) is 4.74 Å². The SMILES string of the molecule is C[C@H](N[C@H]1CCO[C@@]2(CCSC2)C1)c1cc2ccccc2o1. The van der Waals surface area contributed by atoms with E-state index in [2.05, 4.69) is 30.4 Å². The summed E-state index contributed by atoms with van der Waals surface area (Å²) >= 11 is 2.03. The van der Waals surface area contributed by atoms with E-state index in [-0.39, 0.29) is 11.6 Å². The van der Waals surface area contributed by atoms with Crippen molar-refractivity contribution in [1.82, 2.24) is 5.32 Å². The van der Waals surface area contributed by atoms with Gasteiger partial charge in [0.05, 0.1) is 11.6 Å². The van der Waals surface area contributed by atoms with Crippen molar-refractivity contribution >= 4 is 22.7 Å². The van der Waals surface area contributed by atoms with Gasteiger partial charge in [-0.15, -0.1) is 0 Å². The Morgan fingerprint density at radius 1 is 1.36 bits per heavy atom. The zero-order valence-corrected chi connectivity index (χ0v) is 13.8. The van der Waals surface area contributed by atoms with Crippen LogP contribution in [-0.4, -0.2) is 29.8 Å². The van der Waals surface area contributed by atoms with Crippen molar-refractivity contribution in [2.24, 2.45) is 0 Å². The lowest BCUT2D eigenvalue weighted by Crippen LogP contribution is -2.47. The second kappa shape index (κ2) is 5.91. The van der Waals surface area contributed by atoms with Crippen molar-refractivity contribution in [2.45, 2.75) is 43.9 Å². The van der Waals surface area contributed by atoms with Gasteiger partial charge in [0.1, 0.15) is 11.3 Å². The minimum Gasteiger partial charge on any atom is -0.459 e. The van der Waals surface area contributed by atoms with Gasteiger partial charge in [0, 0.05) is 23.8 Å². The van der Waals surface area contributed by atoms with Gasteiger partial charge >= 0.3 is 0 Å². The average Bonchev–Trinajstić information content (AvgIpc) is 3.14. The number of hydrogen-bond donors (Lipinski definition) is 1. The highest BCUT2D eigenvalue weighted by atomic mass is 32.2. The molecule has 2 aromatic rings. The van der Waals surface area contributed by atoms with Gasteiger partial charge in [-0.25, -0.2) is 0 Å². The van der Waals surface area contributed by atoms with Gasteiger partial charge in [-0.1, -0.05) is 18.2 Å². The molecule has 1 N–H and O–H groups in total. The molecule has 118 valence electrons. The van der Waals surface area contributed by atoms with Gasteiger partial charge in [-0.05, 0) is 44.1 Å². The summed E-state index contributed by atoms with van der Waals surface area (Å²) in [6.07, 6.45) is 3.43. The molecule has 3 heterocycles. The maximum atomic E-state index is 6.11. The van der Waals surface area contributed by atoms with E-state index in [9.17, 15) is 0 Å². The van der Waals surface area contributed by atoms with Crippen molar-refractivity contribution in [1.29, 1.82) is 0 Å². The Labute approximate surface area is 135 Å². The van der Waals surface area contributed by atoms with Gasteiger partial charge in [0.25, 0.3) is 0 Å². The summed E-state index contributed by atoms with van der Waals surface area (Å²) in [5.74, 6) is 3.43. The third kappa shape index (κ3) is 2.80. The molecule has 0 amide bonds. The topological polar surface area (TPSA) is 34.4 Å². The van der Waals surface area contributed by atoms with Crippen LogP contribution in [0.3, 0.4) is 0 Å². The summed E-state index contributed by atoms with van der Waals surface area (Å²) in [7, 11) is 0. The molecule has 0 saturated carbocycles. The lowest BCUT2D eigenvalue weighted by atomic mass is 9.89. The molecule has 2 fully saturated rings. The van der Waals surface area contributed by atoms with E-state index in [1.165, 1.54) is 17.6 Å². The second-order valence-corrected chi connectivity index (χ2v) is 7.70. The number of fused-ring (bicyclic) bond motifs is 1. The summed E-state index contributed by atoms with van der Waals surface area (Å²) < 4.78 is 12.1. The highest BCUT2D eigenvalue weighted by molar-refractivity contribution is 7.99. The van der Waals surface area contributed by atoms with Crippen LogP contribution < -0.4 is 5.32 Å².